The van der Waals surface area contributed by atoms with E-state index in [2.05, 4.69) is 22.9 Å². The average molecular weight is 357 g/mol. The third-order valence-corrected chi connectivity index (χ3v) is 4.81. The van der Waals surface area contributed by atoms with Gasteiger partial charge in [0.15, 0.2) is 0 Å². The van der Waals surface area contributed by atoms with Crippen LogP contribution >= 0.6 is 15.9 Å². The van der Waals surface area contributed by atoms with E-state index in [-0.39, 0.29) is 0 Å². The van der Waals surface area contributed by atoms with Gasteiger partial charge in [-0.25, -0.2) is 0 Å². The summed E-state index contributed by atoms with van der Waals surface area (Å²) in [6, 6.07) is 3.97. The van der Waals surface area contributed by atoms with E-state index in [1.807, 2.05) is 19.1 Å². The van der Waals surface area contributed by atoms with E-state index in [1.54, 1.807) is 7.11 Å². The molecule has 1 aromatic rings. The summed E-state index contributed by atoms with van der Waals surface area (Å²) < 4.78 is 6.42. The Morgan fingerprint density at radius 1 is 1.10 bits per heavy atom. The van der Waals surface area contributed by atoms with Crippen molar-refractivity contribution >= 4 is 15.9 Å². The Labute approximate surface area is 138 Å². The molecule has 2 nitrogen and oxygen atoms in total. The first-order valence-electron chi connectivity index (χ1n) is 8.12. The molecular weight excluding hydrogens is 328 g/mol. The van der Waals surface area contributed by atoms with Crippen LogP contribution in [0.1, 0.15) is 75.5 Å². The van der Waals surface area contributed by atoms with Gasteiger partial charge in [0.2, 0.25) is 0 Å². The monoisotopic (exact) mass is 356 g/mol. The van der Waals surface area contributed by atoms with Gasteiger partial charge in [-0.15, -0.1) is 0 Å². The van der Waals surface area contributed by atoms with E-state index >= 15 is 0 Å². The largest absolute Gasteiger partial charge is 0.496 e. The molecule has 0 fully saturated rings. The first kappa shape index (κ1) is 18.5. The number of methoxy groups -OCH3 is 1. The molecular formula is C18H29BrO2. The van der Waals surface area contributed by atoms with Crippen LogP contribution in [0.15, 0.2) is 16.6 Å². The van der Waals surface area contributed by atoms with E-state index in [9.17, 15) is 5.11 Å². The van der Waals surface area contributed by atoms with E-state index in [1.165, 1.54) is 38.5 Å². The number of halogens is 1. The van der Waals surface area contributed by atoms with Crippen LogP contribution in [0.25, 0.3) is 0 Å². The second kappa shape index (κ2) is 10.2. The predicted molar refractivity (Wildman–Crippen MR) is 93.0 cm³/mol. The van der Waals surface area contributed by atoms with Crippen molar-refractivity contribution in [2.45, 2.75) is 71.3 Å². The first-order chi connectivity index (χ1) is 10.1. The van der Waals surface area contributed by atoms with Crippen molar-refractivity contribution < 1.29 is 9.84 Å². The Kier molecular flexibility index (Phi) is 9.02. The van der Waals surface area contributed by atoms with Crippen LogP contribution in [-0.2, 0) is 0 Å². The van der Waals surface area contributed by atoms with E-state index in [0.29, 0.717) is 0 Å². The lowest BCUT2D eigenvalue weighted by Crippen LogP contribution is -2.02. The smallest absolute Gasteiger partial charge is 0.125 e. The molecule has 0 saturated heterocycles. The van der Waals surface area contributed by atoms with Crippen molar-refractivity contribution in [2.24, 2.45) is 0 Å². The number of aliphatic hydroxyl groups excluding tert-OH is 1. The summed E-state index contributed by atoms with van der Waals surface area (Å²) in [7, 11) is 1.66. The lowest BCUT2D eigenvalue weighted by atomic mass is 10.00. The Bertz CT molecular complexity index is 418. The molecule has 1 N–H and O–H groups in total. The number of benzene rings is 1. The van der Waals surface area contributed by atoms with Crippen LogP contribution in [-0.4, -0.2) is 12.2 Å². The summed E-state index contributed by atoms with van der Waals surface area (Å²) in [5, 5.41) is 10.4. The zero-order valence-electron chi connectivity index (χ0n) is 13.6. The van der Waals surface area contributed by atoms with Gasteiger partial charge in [-0.05, 0) is 31.0 Å². The Hall–Kier alpha value is -0.540. The van der Waals surface area contributed by atoms with Crippen LogP contribution in [0.3, 0.4) is 0 Å². The topological polar surface area (TPSA) is 29.5 Å². The highest BCUT2D eigenvalue weighted by Gasteiger charge is 2.14. The third kappa shape index (κ3) is 6.39. The van der Waals surface area contributed by atoms with Gasteiger partial charge in [0.1, 0.15) is 5.75 Å². The van der Waals surface area contributed by atoms with Crippen LogP contribution in [0.4, 0.5) is 0 Å². The molecule has 0 aromatic heterocycles. The van der Waals surface area contributed by atoms with Crippen LogP contribution in [0.2, 0.25) is 0 Å². The van der Waals surface area contributed by atoms with Gasteiger partial charge in [0, 0.05) is 10.0 Å². The number of unbranched alkanes of at least 4 members (excludes halogenated alkanes) is 6. The van der Waals surface area contributed by atoms with Gasteiger partial charge in [0.25, 0.3) is 0 Å². The molecule has 0 spiro atoms. The summed E-state index contributed by atoms with van der Waals surface area (Å²) in [5.74, 6) is 0.783. The second-order valence-corrected chi connectivity index (χ2v) is 6.62. The highest BCUT2D eigenvalue weighted by atomic mass is 79.9. The molecule has 0 aliphatic carbocycles. The molecule has 1 aromatic carbocycles. The molecule has 0 radical (unpaired) electrons. The quantitative estimate of drug-likeness (QED) is 0.525. The predicted octanol–water partition coefficient (Wildman–Crippen LogP) is 5.94. The lowest BCUT2D eigenvalue weighted by molar-refractivity contribution is 0.159. The summed E-state index contributed by atoms with van der Waals surface area (Å²) in [6.07, 6.45) is 9.23. The molecule has 0 saturated carbocycles. The van der Waals surface area contributed by atoms with Gasteiger partial charge in [0.05, 0.1) is 13.2 Å². The molecule has 120 valence electrons. The Morgan fingerprint density at radius 2 is 1.71 bits per heavy atom. The van der Waals surface area contributed by atoms with Gasteiger partial charge >= 0.3 is 0 Å². The van der Waals surface area contributed by atoms with E-state index in [0.717, 1.165) is 34.2 Å². The maximum atomic E-state index is 10.4. The van der Waals surface area contributed by atoms with Crippen molar-refractivity contribution in [3.8, 4) is 5.75 Å². The molecule has 3 heteroatoms. The van der Waals surface area contributed by atoms with Crippen LogP contribution in [0.5, 0.6) is 5.75 Å². The van der Waals surface area contributed by atoms with Crippen molar-refractivity contribution in [1.82, 2.24) is 0 Å². The normalized spacial score (nSPS) is 12.4. The minimum absolute atomic E-state index is 0.438. The van der Waals surface area contributed by atoms with Gasteiger partial charge < -0.3 is 9.84 Å². The number of aliphatic hydroxyl groups is 1. The van der Waals surface area contributed by atoms with E-state index in [4.69, 9.17) is 4.74 Å². The van der Waals surface area contributed by atoms with Crippen molar-refractivity contribution in [2.75, 3.05) is 7.11 Å². The second-order valence-electron chi connectivity index (χ2n) is 5.77. The SMILES string of the molecule is CCCCCCCCCC(O)c1cc(Br)c(C)cc1OC. The maximum Gasteiger partial charge on any atom is 0.125 e. The molecule has 0 amide bonds. The molecule has 1 unspecified atom stereocenters. The average Bonchev–Trinajstić information content (AvgIpc) is 2.48. The van der Waals surface area contributed by atoms with Gasteiger partial charge in [-0.3, -0.25) is 0 Å². The molecule has 0 heterocycles. The highest BCUT2D eigenvalue weighted by molar-refractivity contribution is 9.10. The number of rotatable bonds is 10. The fourth-order valence-electron chi connectivity index (χ4n) is 2.56. The van der Waals surface area contributed by atoms with Crippen molar-refractivity contribution in [1.29, 1.82) is 0 Å². The number of aryl methyl sites for hydroxylation is 1. The van der Waals surface area contributed by atoms with Crippen LogP contribution < -0.4 is 4.74 Å². The van der Waals surface area contributed by atoms with Crippen LogP contribution in [0, 0.1) is 6.92 Å². The van der Waals surface area contributed by atoms with E-state index < -0.39 is 6.10 Å². The van der Waals surface area contributed by atoms with Gasteiger partial charge in [-0.1, -0.05) is 67.8 Å². The molecule has 21 heavy (non-hydrogen) atoms. The molecule has 0 bridgehead atoms. The lowest BCUT2D eigenvalue weighted by Gasteiger charge is -2.16. The Morgan fingerprint density at radius 3 is 2.33 bits per heavy atom. The van der Waals surface area contributed by atoms with Crippen molar-refractivity contribution in [3.63, 3.8) is 0 Å². The van der Waals surface area contributed by atoms with Crippen molar-refractivity contribution in [3.05, 3.63) is 27.7 Å². The highest BCUT2D eigenvalue weighted by Crippen LogP contribution is 2.33. The minimum Gasteiger partial charge on any atom is -0.496 e. The standard InChI is InChI=1S/C18H29BrO2/c1-4-5-6-7-8-9-10-11-17(20)15-13-16(19)14(2)12-18(15)21-3/h12-13,17,20H,4-11H2,1-3H3. The zero-order valence-corrected chi connectivity index (χ0v) is 15.2. The number of ether oxygens (including phenoxy) is 1. The summed E-state index contributed by atoms with van der Waals surface area (Å²) in [6.45, 7) is 4.27. The molecule has 0 aliphatic heterocycles. The number of hydrogen-bond acceptors (Lipinski definition) is 2. The molecule has 1 atom stereocenters. The summed E-state index contributed by atoms with van der Waals surface area (Å²) in [4.78, 5) is 0. The fourth-order valence-corrected chi connectivity index (χ4v) is 2.92. The first-order valence-corrected chi connectivity index (χ1v) is 8.91. The number of hydrogen-bond donors (Lipinski definition) is 1. The Balaban J connectivity index is 2.41. The minimum atomic E-state index is -0.438. The summed E-state index contributed by atoms with van der Waals surface area (Å²) in [5.41, 5.74) is 2.01. The maximum absolute atomic E-state index is 10.4. The fraction of sp³-hybridized carbons (Fsp3) is 0.667. The third-order valence-electron chi connectivity index (χ3n) is 3.95. The molecule has 0 aliphatic rings. The summed E-state index contributed by atoms with van der Waals surface area (Å²) >= 11 is 3.53. The van der Waals surface area contributed by atoms with Gasteiger partial charge in [-0.2, -0.15) is 0 Å². The molecule has 1 rings (SSSR count). The zero-order chi connectivity index (χ0) is 15.7.